The molecule has 2 amide bonds. The highest BCUT2D eigenvalue weighted by molar-refractivity contribution is 7.78. The first-order chi connectivity index (χ1) is 7.15. The summed E-state index contributed by atoms with van der Waals surface area (Å²) in [6, 6.07) is -0.250. The van der Waals surface area contributed by atoms with Gasteiger partial charge in [-0.25, -0.2) is 4.79 Å². The van der Waals surface area contributed by atoms with E-state index in [1.165, 1.54) is 21.9 Å². The molecule has 1 rings (SSSR count). The van der Waals surface area contributed by atoms with Crippen LogP contribution in [0, 0.1) is 0 Å². The maximum atomic E-state index is 11.4. The lowest BCUT2D eigenvalue weighted by Crippen LogP contribution is -2.36. The number of thiol groups is 1. The topological polar surface area (TPSA) is 52.6 Å². The van der Waals surface area contributed by atoms with E-state index in [0.717, 1.165) is 12.8 Å². The Morgan fingerprint density at radius 1 is 1.60 bits per heavy atom. The zero-order valence-electron chi connectivity index (χ0n) is 8.99. The summed E-state index contributed by atoms with van der Waals surface area (Å²) in [4.78, 5) is 11.4. The predicted octanol–water partition coefficient (Wildman–Crippen LogP) is 1.34. The predicted molar refractivity (Wildman–Crippen MR) is 62.7 cm³/mol. The van der Waals surface area contributed by atoms with Gasteiger partial charge in [-0.3, -0.25) is 4.31 Å². The Bertz CT molecular complexity index is 266. The van der Waals surface area contributed by atoms with Crippen LogP contribution in [0.4, 0.5) is 4.79 Å². The Balaban J connectivity index is 2.37. The van der Waals surface area contributed by atoms with Crippen molar-refractivity contribution in [3.8, 4) is 0 Å². The average molecular weight is 230 g/mol. The van der Waals surface area contributed by atoms with E-state index in [2.05, 4.69) is 25.1 Å². The van der Waals surface area contributed by atoms with Gasteiger partial charge in [0.05, 0.1) is 13.2 Å². The first-order valence-electron chi connectivity index (χ1n) is 5.17. The van der Waals surface area contributed by atoms with E-state index < -0.39 is 0 Å². The highest BCUT2D eigenvalue weighted by atomic mass is 32.1. The van der Waals surface area contributed by atoms with Crippen molar-refractivity contribution in [3.63, 3.8) is 0 Å². The highest BCUT2D eigenvalue weighted by Crippen LogP contribution is 2.26. The van der Waals surface area contributed by atoms with Crippen molar-refractivity contribution >= 4 is 18.8 Å². The highest BCUT2D eigenvalue weighted by Gasteiger charge is 2.16. The molecule has 0 radical (unpaired) electrons. The molecule has 1 aliphatic carbocycles. The lowest BCUT2D eigenvalue weighted by molar-refractivity contribution is 0.222. The molecular weight excluding hydrogens is 212 g/mol. The zero-order valence-corrected chi connectivity index (χ0v) is 9.89. The first-order valence-corrected chi connectivity index (χ1v) is 5.57. The molecule has 0 unspecified atom stereocenters. The van der Waals surface area contributed by atoms with E-state index >= 15 is 0 Å². The molecule has 1 aliphatic rings. The van der Waals surface area contributed by atoms with Crippen LogP contribution in [0.15, 0.2) is 11.1 Å². The number of hydrogen-bond acceptors (Lipinski definition) is 3. The van der Waals surface area contributed by atoms with E-state index in [-0.39, 0.29) is 19.2 Å². The summed E-state index contributed by atoms with van der Waals surface area (Å²) in [5.74, 6) is 0. The molecule has 0 atom stereocenters. The Morgan fingerprint density at radius 2 is 2.33 bits per heavy atom. The van der Waals surface area contributed by atoms with Crippen molar-refractivity contribution in [2.24, 2.45) is 0 Å². The fourth-order valence-electron chi connectivity index (χ4n) is 1.68. The molecule has 0 aromatic rings. The van der Waals surface area contributed by atoms with Crippen LogP contribution in [0.1, 0.15) is 26.2 Å². The van der Waals surface area contributed by atoms with Crippen LogP contribution in [0.5, 0.6) is 0 Å². The zero-order chi connectivity index (χ0) is 11.3. The first kappa shape index (κ1) is 12.4. The molecule has 0 aromatic heterocycles. The molecule has 0 fully saturated rings. The second-order valence-corrected chi connectivity index (χ2v) is 4.23. The standard InChI is InChI=1S/C10H18N2O2S/c1-8-3-2-4-9(8)7-12(15)10(14)11-5-6-13/h13,15H,2-7H2,1H3,(H,11,14). The molecule has 5 heteroatoms. The molecule has 4 nitrogen and oxygen atoms in total. The van der Waals surface area contributed by atoms with Gasteiger partial charge in [0.1, 0.15) is 0 Å². The van der Waals surface area contributed by atoms with Crippen LogP contribution in [-0.2, 0) is 0 Å². The van der Waals surface area contributed by atoms with Gasteiger partial charge in [0.15, 0.2) is 0 Å². The minimum Gasteiger partial charge on any atom is -0.395 e. The number of amides is 2. The molecule has 86 valence electrons. The molecule has 0 saturated carbocycles. The molecule has 0 aliphatic heterocycles. The molecule has 0 spiro atoms. The van der Waals surface area contributed by atoms with Crippen molar-refractivity contribution in [2.75, 3.05) is 19.7 Å². The Hall–Kier alpha value is -0.680. The van der Waals surface area contributed by atoms with Crippen molar-refractivity contribution < 1.29 is 9.90 Å². The number of nitrogens with one attached hydrogen (secondary N) is 1. The number of urea groups is 1. The fourth-order valence-corrected chi connectivity index (χ4v) is 1.92. The number of hydrogen-bond donors (Lipinski definition) is 3. The number of allylic oxidation sites excluding steroid dienone is 1. The van der Waals surface area contributed by atoms with E-state index in [0.29, 0.717) is 6.54 Å². The van der Waals surface area contributed by atoms with Crippen molar-refractivity contribution in [1.29, 1.82) is 0 Å². The van der Waals surface area contributed by atoms with Crippen LogP contribution >= 0.6 is 12.8 Å². The molecule has 0 bridgehead atoms. The van der Waals surface area contributed by atoms with Crippen molar-refractivity contribution in [2.45, 2.75) is 26.2 Å². The molecule has 15 heavy (non-hydrogen) atoms. The van der Waals surface area contributed by atoms with Gasteiger partial charge in [0.25, 0.3) is 0 Å². The summed E-state index contributed by atoms with van der Waals surface area (Å²) in [6.45, 7) is 2.91. The van der Waals surface area contributed by atoms with Gasteiger partial charge < -0.3 is 10.4 Å². The second-order valence-electron chi connectivity index (χ2n) is 3.75. The summed E-state index contributed by atoms with van der Waals surface area (Å²) in [7, 11) is 0. The van der Waals surface area contributed by atoms with Crippen LogP contribution < -0.4 is 5.32 Å². The number of nitrogens with zero attached hydrogens (tertiary/aromatic N) is 1. The fraction of sp³-hybridized carbons (Fsp3) is 0.700. The normalized spacial score (nSPS) is 15.7. The second kappa shape index (κ2) is 6.02. The van der Waals surface area contributed by atoms with Crippen LogP contribution in [-0.4, -0.2) is 35.1 Å². The third-order valence-corrected chi connectivity index (χ3v) is 2.92. The third kappa shape index (κ3) is 3.76. The SMILES string of the molecule is CC1=C(CN(S)C(=O)NCCO)CCC1. The number of rotatable bonds is 4. The van der Waals surface area contributed by atoms with Crippen LogP contribution in [0.3, 0.4) is 0 Å². The lowest BCUT2D eigenvalue weighted by atomic mass is 10.2. The van der Waals surface area contributed by atoms with E-state index in [1.54, 1.807) is 0 Å². The Labute approximate surface area is 95.9 Å². The van der Waals surface area contributed by atoms with Gasteiger partial charge in [-0.05, 0) is 26.2 Å². The molecule has 2 N–H and O–H groups in total. The van der Waals surface area contributed by atoms with Gasteiger partial charge in [-0.15, -0.1) is 0 Å². The maximum Gasteiger partial charge on any atom is 0.327 e. The molecule has 0 heterocycles. The quantitative estimate of drug-likeness (QED) is 0.504. The number of carbonyl (C=O) groups excluding carboxylic acids is 1. The summed E-state index contributed by atoms with van der Waals surface area (Å²) >= 11 is 4.12. The number of aliphatic hydroxyl groups is 1. The molecule has 0 saturated heterocycles. The monoisotopic (exact) mass is 230 g/mol. The summed E-state index contributed by atoms with van der Waals surface area (Å²) in [6.07, 6.45) is 3.38. The van der Waals surface area contributed by atoms with Gasteiger partial charge in [-0.1, -0.05) is 24.0 Å². The maximum absolute atomic E-state index is 11.4. The largest absolute Gasteiger partial charge is 0.395 e. The number of aliphatic hydroxyl groups excluding tert-OH is 1. The van der Waals surface area contributed by atoms with Crippen molar-refractivity contribution in [1.82, 2.24) is 9.62 Å². The van der Waals surface area contributed by atoms with Crippen LogP contribution in [0.2, 0.25) is 0 Å². The van der Waals surface area contributed by atoms with Gasteiger partial charge in [0.2, 0.25) is 0 Å². The van der Waals surface area contributed by atoms with E-state index in [1.807, 2.05) is 0 Å². The summed E-state index contributed by atoms with van der Waals surface area (Å²) < 4.78 is 1.36. The van der Waals surface area contributed by atoms with Crippen LogP contribution in [0.25, 0.3) is 0 Å². The molecular formula is C10H18N2O2S. The number of carbonyl (C=O) groups is 1. The Kier molecular flexibility index (Phi) is 4.98. The summed E-state index contributed by atoms with van der Waals surface area (Å²) in [5.41, 5.74) is 2.69. The van der Waals surface area contributed by atoms with Gasteiger partial charge in [-0.2, -0.15) is 0 Å². The van der Waals surface area contributed by atoms with Crippen molar-refractivity contribution in [3.05, 3.63) is 11.1 Å². The van der Waals surface area contributed by atoms with E-state index in [9.17, 15) is 4.79 Å². The minimum atomic E-state index is -0.250. The minimum absolute atomic E-state index is 0.0465. The smallest absolute Gasteiger partial charge is 0.327 e. The third-order valence-electron chi connectivity index (χ3n) is 2.60. The Morgan fingerprint density at radius 3 is 2.87 bits per heavy atom. The van der Waals surface area contributed by atoms with E-state index in [4.69, 9.17) is 5.11 Å². The summed E-state index contributed by atoms with van der Waals surface area (Å²) in [5, 5.41) is 11.1. The van der Waals surface area contributed by atoms with Gasteiger partial charge in [0, 0.05) is 6.54 Å². The average Bonchev–Trinajstić information content (AvgIpc) is 2.61. The van der Waals surface area contributed by atoms with Gasteiger partial charge >= 0.3 is 6.03 Å². The molecule has 0 aromatic carbocycles. The lowest BCUT2D eigenvalue weighted by Gasteiger charge is -2.17.